The zero-order valence-corrected chi connectivity index (χ0v) is 13.8. The van der Waals surface area contributed by atoms with E-state index in [2.05, 4.69) is 16.6 Å². The molecule has 2 N–H and O–H groups in total. The number of nitrogens with one attached hydrogen (secondary N) is 1. The van der Waals surface area contributed by atoms with Crippen molar-refractivity contribution in [3.05, 3.63) is 29.3 Å². The van der Waals surface area contributed by atoms with Crippen LogP contribution >= 0.6 is 0 Å². The minimum absolute atomic E-state index is 0.0795. The highest BCUT2D eigenvalue weighted by atomic mass is 32.2. The second kappa shape index (κ2) is 7.60. The van der Waals surface area contributed by atoms with E-state index in [1.54, 1.807) is 25.1 Å². The Morgan fingerprint density at radius 3 is 2.48 bits per heavy atom. The Morgan fingerprint density at radius 2 is 2.00 bits per heavy atom. The maximum Gasteiger partial charge on any atom is 0.240 e. The fraction of sp³-hybridized carbons (Fsp3) is 0.500. The van der Waals surface area contributed by atoms with Crippen molar-refractivity contribution in [1.82, 2.24) is 4.72 Å². The van der Waals surface area contributed by atoms with E-state index in [4.69, 9.17) is 5.11 Å². The average Bonchev–Trinajstić information content (AvgIpc) is 2.43. The Labute approximate surface area is 127 Å². The normalized spacial score (nSPS) is 12.9. The summed E-state index contributed by atoms with van der Waals surface area (Å²) in [6, 6.07) is 4.74. The van der Waals surface area contributed by atoms with Crippen LogP contribution in [0.3, 0.4) is 0 Å². The van der Waals surface area contributed by atoms with Crippen LogP contribution in [0.1, 0.15) is 38.3 Å². The second-order valence-electron chi connectivity index (χ2n) is 5.32. The smallest absolute Gasteiger partial charge is 0.240 e. The molecule has 5 heteroatoms. The van der Waals surface area contributed by atoms with E-state index >= 15 is 0 Å². The maximum absolute atomic E-state index is 12.4. The minimum Gasteiger partial charge on any atom is -0.384 e. The minimum atomic E-state index is -3.52. The standard InChI is InChI=1S/C16H23NO3S/c1-5-16(12(2)3)17-21(19,20)15-9-8-14(7-6-10-18)13(4)11-15/h8-9,11-12,16-18H,5,10H2,1-4H3. The molecule has 116 valence electrons. The third-order valence-corrected chi connectivity index (χ3v) is 4.85. The first-order valence-electron chi connectivity index (χ1n) is 7.04. The van der Waals surface area contributed by atoms with Gasteiger partial charge in [-0.05, 0) is 43.0 Å². The average molecular weight is 309 g/mol. The molecule has 0 saturated heterocycles. The summed E-state index contributed by atoms with van der Waals surface area (Å²) in [7, 11) is -3.52. The van der Waals surface area contributed by atoms with E-state index in [-0.39, 0.29) is 23.5 Å². The number of aliphatic hydroxyl groups excluding tert-OH is 1. The second-order valence-corrected chi connectivity index (χ2v) is 7.03. The van der Waals surface area contributed by atoms with Gasteiger partial charge in [-0.3, -0.25) is 0 Å². The third-order valence-electron chi connectivity index (χ3n) is 3.36. The molecule has 21 heavy (non-hydrogen) atoms. The highest BCUT2D eigenvalue weighted by molar-refractivity contribution is 7.89. The van der Waals surface area contributed by atoms with Gasteiger partial charge in [0.15, 0.2) is 0 Å². The molecule has 0 bridgehead atoms. The van der Waals surface area contributed by atoms with Gasteiger partial charge in [-0.15, -0.1) is 0 Å². The Morgan fingerprint density at radius 1 is 1.33 bits per heavy atom. The summed E-state index contributed by atoms with van der Waals surface area (Å²) in [5.74, 6) is 5.59. The van der Waals surface area contributed by atoms with Crippen molar-refractivity contribution in [3.8, 4) is 11.8 Å². The first-order chi connectivity index (χ1) is 9.81. The molecule has 1 unspecified atom stereocenters. The molecule has 0 radical (unpaired) electrons. The van der Waals surface area contributed by atoms with Crippen molar-refractivity contribution in [3.63, 3.8) is 0 Å². The lowest BCUT2D eigenvalue weighted by atomic mass is 10.0. The van der Waals surface area contributed by atoms with E-state index in [1.807, 2.05) is 20.8 Å². The zero-order valence-electron chi connectivity index (χ0n) is 13.0. The molecular formula is C16H23NO3S. The molecule has 0 aliphatic carbocycles. The van der Waals surface area contributed by atoms with Gasteiger partial charge in [-0.1, -0.05) is 32.6 Å². The van der Waals surface area contributed by atoms with Crippen LogP contribution in [0.15, 0.2) is 23.1 Å². The number of hydrogen-bond acceptors (Lipinski definition) is 3. The summed E-state index contributed by atoms with van der Waals surface area (Å²) < 4.78 is 27.5. The van der Waals surface area contributed by atoms with Gasteiger partial charge in [0.2, 0.25) is 10.0 Å². The van der Waals surface area contributed by atoms with Gasteiger partial charge >= 0.3 is 0 Å². The molecule has 0 saturated carbocycles. The number of sulfonamides is 1. The van der Waals surface area contributed by atoms with Crippen LogP contribution < -0.4 is 4.72 Å². The lowest BCUT2D eigenvalue weighted by Gasteiger charge is -2.20. The summed E-state index contributed by atoms with van der Waals surface area (Å²) >= 11 is 0. The van der Waals surface area contributed by atoms with E-state index in [9.17, 15) is 8.42 Å². The van der Waals surface area contributed by atoms with Crippen molar-refractivity contribution in [2.75, 3.05) is 6.61 Å². The van der Waals surface area contributed by atoms with E-state index in [0.29, 0.717) is 0 Å². The van der Waals surface area contributed by atoms with Crippen molar-refractivity contribution in [1.29, 1.82) is 0 Å². The van der Waals surface area contributed by atoms with Crippen LogP contribution in [0, 0.1) is 24.7 Å². The number of hydrogen-bond donors (Lipinski definition) is 2. The molecule has 4 nitrogen and oxygen atoms in total. The predicted octanol–water partition coefficient (Wildman–Crippen LogP) is 2.05. The summed E-state index contributed by atoms with van der Waals surface area (Å²) in [6.45, 7) is 7.55. The Kier molecular flexibility index (Phi) is 6.41. The van der Waals surface area contributed by atoms with Crippen LogP contribution in [0.4, 0.5) is 0 Å². The van der Waals surface area contributed by atoms with Crippen molar-refractivity contribution in [2.24, 2.45) is 5.92 Å². The topological polar surface area (TPSA) is 66.4 Å². The first-order valence-corrected chi connectivity index (χ1v) is 8.52. The lowest BCUT2D eigenvalue weighted by Crippen LogP contribution is -2.37. The van der Waals surface area contributed by atoms with Crippen molar-refractivity contribution >= 4 is 10.0 Å². The van der Waals surface area contributed by atoms with Crippen molar-refractivity contribution < 1.29 is 13.5 Å². The number of benzene rings is 1. The summed E-state index contributed by atoms with van der Waals surface area (Å²) in [5.41, 5.74) is 1.50. The van der Waals surface area contributed by atoms with Crippen LogP contribution in [-0.4, -0.2) is 26.2 Å². The molecule has 0 fully saturated rings. The molecule has 1 aromatic carbocycles. The molecule has 0 aliphatic heterocycles. The molecule has 0 spiro atoms. The summed E-state index contributed by atoms with van der Waals surface area (Å²) in [4.78, 5) is 0.244. The van der Waals surface area contributed by atoms with Gasteiger partial charge in [0.05, 0.1) is 4.90 Å². The SMILES string of the molecule is CCC(NS(=O)(=O)c1ccc(C#CCO)c(C)c1)C(C)C. The van der Waals surface area contributed by atoms with Crippen LogP contribution in [0.2, 0.25) is 0 Å². The van der Waals surface area contributed by atoms with Gasteiger partial charge < -0.3 is 5.11 Å². The molecule has 1 aromatic rings. The number of rotatable bonds is 5. The van der Waals surface area contributed by atoms with E-state index in [0.717, 1.165) is 17.5 Å². The Hall–Kier alpha value is -1.35. The molecule has 1 rings (SSSR count). The fourth-order valence-electron chi connectivity index (χ4n) is 2.04. The largest absolute Gasteiger partial charge is 0.384 e. The number of aliphatic hydroxyl groups is 1. The first kappa shape index (κ1) is 17.7. The van der Waals surface area contributed by atoms with E-state index in [1.165, 1.54) is 0 Å². The molecule has 0 amide bonds. The monoisotopic (exact) mass is 309 g/mol. The van der Waals surface area contributed by atoms with Gasteiger partial charge in [0, 0.05) is 11.6 Å². The Balaban J connectivity index is 3.07. The van der Waals surface area contributed by atoms with Gasteiger partial charge in [0.1, 0.15) is 6.61 Å². The summed E-state index contributed by atoms with van der Waals surface area (Å²) in [6.07, 6.45) is 0.746. The molecule has 0 heterocycles. The van der Waals surface area contributed by atoms with Crippen LogP contribution in [0.5, 0.6) is 0 Å². The summed E-state index contributed by atoms with van der Waals surface area (Å²) in [5, 5.41) is 8.70. The molecule has 0 aromatic heterocycles. The lowest BCUT2D eigenvalue weighted by molar-refractivity contribution is 0.350. The number of aryl methyl sites for hydroxylation is 1. The van der Waals surface area contributed by atoms with E-state index < -0.39 is 10.0 Å². The van der Waals surface area contributed by atoms with Crippen LogP contribution in [-0.2, 0) is 10.0 Å². The van der Waals surface area contributed by atoms with Crippen LogP contribution in [0.25, 0.3) is 0 Å². The third kappa shape index (κ3) is 4.85. The zero-order chi connectivity index (χ0) is 16.0. The predicted molar refractivity (Wildman–Crippen MR) is 84.4 cm³/mol. The molecular weight excluding hydrogens is 286 g/mol. The van der Waals surface area contributed by atoms with Crippen molar-refractivity contribution in [2.45, 2.75) is 45.1 Å². The fourth-order valence-corrected chi connectivity index (χ4v) is 3.59. The highest BCUT2D eigenvalue weighted by Gasteiger charge is 2.21. The Bertz CT molecular complexity index is 639. The quantitative estimate of drug-likeness (QED) is 0.818. The maximum atomic E-state index is 12.4. The molecule has 0 aliphatic rings. The van der Waals surface area contributed by atoms with Gasteiger partial charge in [0.25, 0.3) is 0 Å². The molecule has 1 atom stereocenters. The van der Waals surface area contributed by atoms with Gasteiger partial charge in [-0.25, -0.2) is 13.1 Å². The highest BCUT2D eigenvalue weighted by Crippen LogP contribution is 2.17. The van der Waals surface area contributed by atoms with Gasteiger partial charge in [-0.2, -0.15) is 0 Å².